The molecule has 0 spiro atoms. The quantitative estimate of drug-likeness (QED) is 0.455. The van der Waals surface area contributed by atoms with Crippen LogP contribution in [0.5, 0.6) is 0 Å². The van der Waals surface area contributed by atoms with Gasteiger partial charge in [-0.25, -0.2) is 4.00 Å². The maximum Gasteiger partial charge on any atom is 0.165 e. The zero-order valence-corrected chi connectivity index (χ0v) is 12.1. The second-order valence-corrected chi connectivity index (χ2v) is 6.81. The average Bonchev–Trinajstić information content (AvgIpc) is 2.42. The smallest absolute Gasteiger partial charge is 0.165 e. The molecule has 3 saturated heterocycles. The highest BCUT2D eigenvalue weighted by Gasteiger charge is 2.48. The zero-order chi connectivity index (χ0) is 12.6. The Morgan fingerprint density at radius 3 is 1.83 bits per heavy atom. The van der Waals surface area contributed by atoms with Crippen molar-refractivity contribution in [3.05, 3.63) is 35.4 Å². The number of fused-ring (bicyclic) bond motifs is 3. The topological polar surface area (TPSA) is 0 Å². The van der Waals surface area contributed by atoms with Crippen LogP contribution < -0.4 is 0 Å². The standard InChI is InChI=1S/C14H20Cl2N2/c15-11-13-1-3-14(4-2-13)12-17-5-8-18(16,9-6-17)10-7-17/h1-4H,5-12H2/q+2. The Labute approximate surface area is 119 Å². The van der Waals surface area contributed by atoms with Crippen LogP contribution in [0.15, 0.2) is 24.3 Å². The fourth-order valence-corrected chi connectivity index (χ4v) is 3.61. The Bertz CT molecular complexity index is 405. The number of nitrogens with zero attached hydrogens (tertiary/aromatic N) is 2. The van der Waals surface area contributed by atoms with Crippen molar-refractivity contribution in [1.29, 1.82) is 0 Å². The van der Waals surface area contributed by atoms with Gasteiger partial charge >= 0.3 is 0 Å². The molecule has 3 aliphatic heterocycles. The summed E-state index contributed by atoms with van der Waals surface area (Å²) >= 11 is 12.3. The van der Waals surface area contributed by atoms with Crippen LogP contribution in [0.2, 0.25) is 0 Å². The molecule has 0 atom stereocenters. The lowest BCUT2D eigenvalue weighted by atomic mass is 10.1. The highest BCUT2D eigenvalue weighted by atomic mass is 35.5. The Hall–Kier alpha value is -0.280. The van der Waals surface area contributed by atoms with E-state index >= 15 is 0 Å². The minimum Gasteiger partial charge on any atom is -0.306 e. The van der Waals surface area contributed by atoms with Gasteiger partial charge < -0.3 is 4.48 Å². The van der Waals surface area contributed by atoms with E-state index in [0.717, 1.165) is 30.2 Å². The molecule has 0 N–H and O–H groups in total. The minimum atomic E-state index is 0.604. The molecule has 1 aromatic carbocycles. The summed E-state index contributed by atoms with van der Waals surface area (Å²) in [5, 5.41) is 0. The maximum atomic E-state index is 6.51. The third-order valence-electron chi connectivity index (χ3n) is 4.62. The molecule has 3 fully saturated rings. The molecule has 3 aliphatic rings. The van der Waals surface area contributed by atoms with Crippen molar-refractivity contribution in [3.8, 4) is 0 Å². The van der Waals surface area contributed by atoms with E-state index in [1.54, 1.807) is 0 Å². The van der Waals surface area contributed by atoms with Gasteiger partial charge in [-0.15, -0.1) is 11.6 Å². The Morgan fingerprint density at radius 2 is 1.33 bits per heavy atom. The SMILES string of the molecule is ClCc1ccc(C[N+]23CC[N+](Cl)(CC2)CC3)cc1. The second-order valence-electron chi connectivity index (χ2n) is 5.82. The lowest BCUT2D eigenvalue weighted by Gasteiger charge is -2.51. The summed E-state index contributed by atoms with van der Waals surface area (Å²) in [5.74, 6) is 0.604. The molecular weight excluding hydrogens is 267 g/mol. The molecule has 0 saturated carbocycles. The Balaban J connectivity index is 1.72. The summed E-state index contributed by atoms with van der Waals surface area (Å²) < 4.78 is 2.01. The van der Waals surface area contributed by atoms with Crippen molar-refractivity contribution in [1.82, 2.24) is 0 Å². The van der Waals surface area contributed by atoms with Crippen molar-refractivity contribution >= 4 is 23.4 Å². The maximum absolute atomic E-state index is 6.51. The number of hydrogen-bond acceptors (Lipinski definition) is 0. The number of halogens is 2. The molecule has 0 aromatic heterocycles. The number of piperazine rings is 3. The van der Waals surface area contributed by atoms with Crippen LogP contribution >= 0.6 is 23.4 Å². The molecule has 2 bridgehead atoms. The lowest BCUT2D eigenvalue weighted by Crippen LogP contribution is -2.71. The van der Waals surface area contributed by atoms with E-state index in [-0.39, 0.29) is 0 Å². The lowest BCUT2D eigenvalue weighted by molar-refractivity contribution is -1.05. The molecule has 4 heteroatoms. The van der Waals surface area contributed by atoms with Crippen molar-refractivity contribution in [2.24, 2.45) is 0 Å². The monoisotopic (exact) mass is 286 g/mol. The summed E-state index contributed by atoms with van der Waals surface area (Å²) in [6.45, 7) is 8.20. The van der Waals surface area contributed by atoms with Gasteiger partial charge in [0.1, 0.15) is 45.8 Å². The van der Waals surface area contributed by atoms with E-state index in [2.05, 4.69) is 24.3 Å². The second kappa shape index (κ2) is 4.68. The van der Waals surface area contributed by atoms with Crippen molar-refractivity contribution in [2.75, 3.05) is 39.3 Å². The van der Waals surface area contributed by atoms with E-state index in [9.17, 15) is 0 Å². The minimum absolute atomic E-state index is 0.604. The first-order valence-electron chi connectivity index (χ1n) is 6.68. The van der Waals surface area contributed by atoms with Crippen LogP contribution in [0.3, 0.4) is 0 Å². The van der Waals surface area contributed by atoms with Crippen LogP contribution in [0.4, 0.5) is 0 Å². The van der Waals surface area contributed by atoms with Gasteiger partial charge in [0.05, 0.1) is 0 Å². The largest absolute Gasteiger partial charge is 0.306 e. The summed E-state index contributed by atoms with van der Waals surface area (Å²) in [4.78, 5) is 0. The molecular formula is C14H20Cl2N2+2. The highest BCUT2D eigenvalue weighted by molar-refractivity contribution is 6.17. The highest BCUT2D eigenvalue weighted by Crippen LogP contribution is 2.30. The van der Waals surface area contributed by atoms with Crippen LogP contribution in [0.1, 0.15) is 11.1 Å². The third-order valence-corrected chi connectivity index (χ3v) is 5.44. The number of quaternary nitrogens is 2. The van der Waals surface area contributed by atoms with E-state index in [1.807, 2.05) is 0 Å². The number of benzene rings is 1. The Kier molecular flexibility index (Phi) is 3.31. The molecule has 98 valence electrons. The zero-order valence-electron chi connectivity index (χ0n) is 10.6. The molecule has 18 heavy (non-hydrogen) atoms. The summed E-state index contributed by atoms with van der Waals surface area (Å²) in [6.07, 6.45) is 0. The predicted molar refractivity (Wildman–Crippen MR) is 75.3 cm³/mol. The molecule has 3 heterocycles. The van der Waals surface area contributed by atoms with Gasteiger partial charge in [-0.3, -0.25) is 0 Å². The fourth-order valence-electron chi connectivity index (χ4n) is 3.20. The normalized spacial score (nSPS) is 34.8. The molecule has 0 amide bonds. The molecule has 0 aliphatic carbocycles. The molecule has 1 aromatic rings. The van der Waals surface area contributed by atoms with Crippen molar-refractivity contribution < 1.29 is 8.49 Å². The van der Waals surface area contributed by atoms with E-state index in [1.165, 1.54) is 35.2 Å². The van der Waals surface area contributed by atoms with Crippen LogP contribution in [-0.2, 0) is 12.4 Å². The average molecular weight is 287 g/mol. The van der Waals surface area contributed by atoms with E-state index in [4.69, 9.17) is 23.4 Å². The predicted octanol–water partition coefficient (Wildman–Crippen LogP) is 2.74. The van der Waals surface area contributed by atoms with Crippen LogP contribution in [-0.4, -0.2) is 47.8 Å². The molecule has 0 unspecified atom stereocenters. The molecule has 2 nitrogen and oxygen atoms in total. The van der Waals surface area contributed by atoms with Gasteiger partial charge in [0, 0.05) is 11.4 Å². The summed E-state index contributed by atoms with van der Waals surface area (Å²) in [5.41, 5.74) is 2.63. The summed E-state index contributed by atoms with van der Waals surface area (Å²) in [6, 6.07) is 8.76. The number of hydrogen-bond donors (Lipinski definition) is 0. The van der Waals surface area contributed by atoms with E-state index in [0.29, 0.717) is 5.88 Å². The van der Waals surface area contributed by atoms with Gasteiger partial charge in [-0.05, 0) is 5.56 Å². The molecule has 4 rings (SSSR count). The van der Waals surface area contributed by atoms with Crippen LogP contribution in [0, 0.1) is 0 Å². The first-order valence-corrected chi connectivity index (χ1v) is 7.55. The van der Waals surface area contributed by atoms with Crippen molar-refractivity contribution in [3.63, 3.8) is 0 Å². The Morgan fingerprint density at radius 1 is 0.833 bits per heavy atom. The summed E-state index contributed by atoms with van der Waals surface area (Å²) in [7, 11) is 0. The third kappa shape index (κ3) is 2.39. The first-order chi connectivity index (χ1) is 8.63. The molecule has 0 radical (unpaired) electrons. The van der Waals surface area contributed by atoms with Crippen molar-refractivity contribution in [2.45, 2.75) is 12.4 Å². The fraction of sp³-hybridized carbons (Fsp3) is 0.571. The van der Waals surface area contributed by atoms with Gasteiger partial charge in [0.15, 0.2) is 11.8 Å². The van der Waals surface area contributed by atoms with Gasteiger partial charge in [-0.2, -0.15) is 0 Å². The van der Waals surface area contributed by atoms with E-state index < -0.39 is 0 Å². The van der Waals surface area contributed by atoms with Gasteiger partial charge in [0.2, 0.25) is 0 Å². The van der Waals surface area contributed by atoms with Gasteiger partial charge in [-0.1, -0.05) is 24.3 Å². The number of alkyl halides is 1. The number of rotatable bonds is 3. The first kappa shape index (κ1) is 12.7. The van der Waals surface area contributed by atoms with Crippen LogP contribution in [0.25, 0.3) is 0 Å². The van der Waals surface area contributed by atoms with Gasteiger partial charge in [0.25, 0.3) is 0 Å².